The third-order valence-corrected chi connectivity index (χ3v) is 5.37. The summed E-state index contributed by atoms with van der Waals surface area (Å²) in [6.45, 7) is 5.10. The summed E-state index contributed by atoms with van der Waals surface area (Å²) >= 11 is 0. The van der Waals surface area contributed by atoms with Crippen molar-refractivity contribution in [1.29, 1.82) is 0 Å². The molecule has 1 aromatic carbocycles. The molecular weight excluding hydrogens is 278 g/mol. The molecule has 0 aliphatic rings. The van der Waals surface area contributed by atoms with Crippen molar-refractivity contribution in [2.45, 2.75) is 49.4 Å². The monoisotopic (exact) mass is 299 g/mol. The third-order valence-electron chi connectivity index (χ3n) is 3.06. The van der Waals surface area contributed by atoms with Gasteiger partial charge in [0.1, 0.15) is 5.60 Å². The molecule has 20 heavy (non-hydrogen) atoms. The van der Waals surface area contributed by atoms with E-state index in [0.29, 0.717) is 6.42 Å². The summed E-state index contributed by atoms with van der Waals surface area (Å²) in [6, 6.07) is 8.27. The van der Waals surface area contributed by atoms with Crippen molar-refractivity contribution in [3.05, 3.63) is 30.3 Å². The summed E-state index contributed by atoms with van der Waals surface area (Å²) in [7, 11) is -3.45. The molecule has 0 bridgehead atoms. The second kappa shape index (κ2) is 6.26. The second-order valence-corrected chi connectivity index (χ2v) is 7.50. The van der Waals surface area contributed by atoms with Crippen LogP contribution in [0, 0.1) is 0 Å². The van der Waals surface area contributed by atoms with Gasteiger partial charge in [0, 0.05) is 6.42 Å². The number of sulfone groups is 1. The smallest absolute Gasteiger partial charge is 0.405 e. The molecular formula is C14H21NO4S. The van der Waals surface area contributed by atoms with E-state index in [9.17, 15) is 13.2 Å². The number of nitrogens with two attached hydrogens (primary N) is 1. The fourth-order valence-electron chi connectivity index (χ4n) is 2.14. The lowest BCUT2D eigenvalue weighted by Gasteiger charge is -2.28. The average Bonchev–Trinajstić information content (AvgIpc) is 2.35. The molecule has 0 spiro atoms. The normalized spacial score (nSPS) is 13.8. The van der Waals surface area contributed by atoms with Crippen molar-refractivity contribution in [3.8, 4) is 0 Å². The van der Waals surface area contributed by atoms with Crippen molar-refractivity contribution < 1.29 is 17.9 Å². The molecule has 0 aliphatic carbocycles. The first kappa shape index (κ1) is 16.5. The van der Waals surface area contributed by atoms with Crippen molar-refractivity contribution in [1.82, 2.24) is 0 Å². The Balaban J connectivity index is 2.99. The van der Waals surface area contributed by atoms with Gasteiger partial charge in [0.2, 0.25) is 0 Å². The lowest BCUT2D eigenvalue weighted by Crippen LogP contribution is -2.37. The van der Waals surface area contributed by atoms with Crippen molar-refractivity contribution in [2.24, 2.45) is 5.73 Å². The van der Waals surface area contributed by atoms with Gasteiger partial charge in [-0.25, -0.2) is 13.2 Å². The Morgan fingerprint density at radius 2 is 1.85 bits per heavy atom. The predicted molar refractivity (Wildman–Crippen MR) is 77.1 cm³/mol. The summed E-state index contributed by atoms with van der Waals surface area (Å²) in [5.41, 5.74) is 4.08. The van der Waals surface area contributed by atoms with Crippen molar-refractivity contribution in [2.75, 3.05) is 0 Å². The Morgan fingerprint density at radius 3 is 2.30 bits per heavy atom. The molecule has 1 aromatic rings. The zero-order valence-corrected chi connectivity index (χ0v) is 12.8. The van der Waals surface area contributed by atoms with Crippen molar-refractivity contribution >= 4 is 15.9 Å². The minimum atomic E-state index is -3.45. The van der Waals surface area contributed by atoms with Gasteiger partial charge in [-0.15, -0.1) is 0 Å². The summed E-state index contributed by atoms with van der Waals surface area (Å²) in [6.07, 6.45) is -0.270. The second-order valence-electron chi connectivity index (χ2n) is 5.27. The van der Waals surface area contributed by atoms with E-state index in [4.69, 9.17) is 10.5 Å². The molecule has 1 unspecified atom stereocenters. The molecule has 0 saturated carbocycles. The van der Waals surface area contributed by atoms with Gasteiger partial charge in [0.05, 0.1) is 10.1 Å². The number of carbonyl (C=O) groups is 1. The molecule has 0 fully saturated rings. The number of hydrogen-bond donors (Lipinski definition) is 1. The first-order valence-corrected chi connectivity index (χ1v) is 8.01. The largest absolute Gasteiger partial charge is 0.444 e. The van der Waals surface area contributed by atoms with Crippen LogP contribution in [0.15, 0.2) is 35.2 Å². The molecule has 1 amide bonds. The van der Waals surface area contributed by atoms with Crippen LogP contribution in [-0.4, -0.2) is 25.4 Å². The number of amides is 1. The van der Waals surface area contributed by atoms with E-state index in [1.54, 1.807) is 51.1 Å². The molecule has 6 heteroatoms. The van der Waals surface area contributed by atoms with Crippen LogP contribution in [0.1, 0.15) is 33.6 Å². The molecule has 0 saturated heterocycles. The van der Waals surface area contributed by atoms with Crippen LogP contribution in [0.4, 0.5) is 4.79 Å². The maximum absolute atomic E-state index is 12.6. The summed E-state index contributed by atoms with van der Waals surface area (Å²) < 4.78 is 30.1. The molecule has 0 aromatic heterocycles. The highest BCUT2D eigenvalue weighted by molar-refractivity contribution is 7.92. The summed E-state index contributed by atoms with van der Waals surface area (Å²) in [5, 5.41) is -0.626. The number of ether oxygens (including phenoxy) is 1. The first-order chi connectivity index (χ1) is 9.19. The number of hydrogen-bond acceptors (Lipinski definition) is 4. The van der Waals surface area contributed by atoms with Crippen LogP contribution in [0.5, 0.6) is 0 Å². The summed E-state index contributed by atoms with van der Waals surface area (Å²) in [5.74, 6) is 0. The van der Waals surface area contributed by atoms with E-state index in [2.05, 4.69) is 0 Å². The number of benzene rings is 1. The maximum atomic E-state index is 12.6. The number of carbonyl (C=O) groups excluding carboxylic acids is 1. The van der Waals surface area contributed by atoms with Crippen LogP contribution in [0.3, 0.4) is 0 Å². The van der Waals surface area contributed by atoms with Crippen LogP contribution in [0.25, 0.3) is 0 Å². The standard InChI is InChI=1S/C14H21NO4S/c1-4-11(10-14(2,3)19-13(15)16)20(17,18)12-8-6-5-7-9-12/h5-9,11H,4,10H2,1-3H3,(H2,15,16). The van der Waals surface area contributed by atoms with E-state index in [-0.39, 0.29) is 11.3 Å². The van der Waals surface area contributed by atoms with Gasteiger partial charge in [-0.3, -0.25) is 0 Å². The van der Waals surface area contributed by atoms with E-state index in [0.717, 1.165) is 0 Å². The fraction of sp³-hybridized carbons (Fsp3) is 0.500. The Kier molecular flexibility index (Phi) is 5.16. The van der Waals surface area contributed by atoms with Crippen LogP contribution in [0.2, 0.25) is 0 Å². The highest BCUT2D eigenvalue weighted by atomic mass is 32.2. The lowest BCUT2D eigenvalue weighted by atomic mass is 10.0. The molecule has 2 N–H and O–H groups in total. The highest BCUT2D eigenvalue weighted by Crippen LogP contribution is 2.27. The average molecular weight is 299 g/mol. The van der Waals surface area contributed by atoms with Gasteiger partial charge in [-0.1, -0.05) is 25.1 Å². The molecule has 112 valence electrons. The minimum Gasteiger partial charge on any atom is -0.444 e. The summed E-state index contributed by atoms with van der Waals surface area (Å²) in [4.78, 5) is 11.1. The first-order valence-electron chi connectivity index (χ1n) is 6.46. The minimum absolute atomic E-state index is 0.198. The molecule has 0 aliphatic heterocycles. The van der Waals surface area contributed by atoms with Crippen LogP contribution in [-0.2, 0) is 14.6 Å². The van der Waals surface area contributed by atoms with E-state index in [1.807, 2.05) is 0 Å². The topological polar surface area (TPSA) is 86.5 Å². The Bertz CT molecular complexity index is 552. The van der Waals surface area contributed by atoms with E-state index >= 15 is 0 Å². The Hall–Kier alpha value is -1.56. The van der Waals surface area contributed by atoms with Gasteiger partial charge in [0.25, 0.3) is 0 Å². The zero-order chi connectivity index (χ0) is 15.4. The van der Waals surface area contributed by atoms with Gasteiger partial charge in [0.15, 0.2) is 9.84 Å². The lowest BCUT2D eigenvalue weighted by molar-refractivity contribution is 0.0382. The molecule has 1 rings (SSSR count). The highest BCUT2D eigenvalue weighted by Gasteiger charge is 2.33. The predicted octanol–water partition coefficient (Wildman–Crippen LogP) is 2.50. The fourth-order valence-corrected chi connectivity index (χ4v) is 4.12. The van der Waals surface area contributed by atoms with Gasteiger partial charge in [-0.05, 0) is 32.4 Å². The van der Waals surface area contributed by atoms with E-state index < -0.39 is 26.8 Å². The maximum Gasteiger partial charge on any atom is 0.405 e. The van der Waals surface area contributed by atoms with Crippen LogP contribution < -0.4 is 5.73 Å². The van der Waals surface area contributed by atoms with Crippen molar-refractivity contribution in [3.63, 3.8) is 0 Å². The molecule has 1 atom stereocenters. The molecule has 5 nitrogen and oxygen atoms in total. The third kappa shape index (κ3) is 4.23. The van der Waals surface area contributed by atoms with E-state index in [1.165, 1.54) is 0 Å². The number of primary amides is 1. The van der Waals surface area contributed by atoms with Gasteiger partial charge >= 0.3 is 6.09 Å². The molecule has 0 heterocycles. The SMILES string of the molecule is CCC(CC(C)(C)OC(N)=O)S(=O)(=O)c1ccccc1. The van der Waals surface area contributed by atoms with Crippen LogP contribution >= 0.6 is 0 Å². The van der Waals surface area contributed by atoms with Gasteiger partial charge < -0.3 is 10.5 Å². The number of rotatable bonds is 6. The Labute approximate surface area is 120 Å². The Morgan fingerprint density at radius 1 is 1.30 bits per heavy atom. The zero-order valence-electron chi connectivity index (χ0n) is 12.0. The molecule has 0 radical (unpaired) electrons. The van der Waals surface area contributed by atoms with Gasteiger partial charge in [-0.2, -0.15) is 0 Å². The quantitative estimate of drug-likeness (QED) is 0.874.